The zero-order valence-electron chi connectivity index (χ0n) is 22.4. The van der Waals surface area contributed by atoms with Crippen molar-refractivity contribution >= 4 is 40.2 Å². The van der Waals surface area contributed by atoms with E-state index in [9.17, 15) is 24.5 Å². The highest BCUT2D eigenvalue weighted by atomic mass is 35.5. The number of nitro groups is 1. The van der Waals surface area contributed by atoms with Crippen LogP contribution in [-0.2, 0) is 29.2 Å². The second kappa shape index (κ2) is 11.6. The Bertz CT molecular complexity index is 1520. The molecule has 212 valence electrons. The number of fused-ring (bicyclic) bond motifs is 1. The Hall–Kier alpha value is -3.96. The maximum absolute atomic E-state index is 12.9. The number of halogens is 1. The van der Waals surface area contributed by atoms with E-state index in [1.807, 2.05) is 0 Å². The molecule has 1 saturated carbocycles. The van der Waals surface area contributed by atoms with Crippen molar-refractivity contribution in [2.24, 2.45) is 5.92 Å². The van der Waals surface area contributed by atoms with Crippen LogP contribution < -0.4 is 10.2 Å². The van der Waals surface area contributed by atoms with Crippen LogP contribution in [0.25, 0.3) is 22.3 Å². The van der Waals surface area contributed by atoms with Gasteiger partial charge in [0.2, 0.25) is 0 Å². The lowest BCUT2D eigenvalue weighted by molar-refractivity contribution is -0.385. The Labute approximate surface area is 234 Å². The van der Waals surface area contributed by atoms with Gasteiger partial charge in [0.15, 0.2) is 11.0 Å². The van der Waals surface area contributed by atoms with Crippen LogP contribution in [0.4, 0.5) is 5.69 Å². The zero-order chi connectivity index (χ0) is 29.2. The number of para-hydroxylation sites is 1. The maximum Gasteiger partial charge on any atom is 0.315 e. The summed E-state index contributed by atoms with van der Waals surface area (Å²) >= 11 is 6.27. The number of rotatable bonds is 10. The molecule has 0 bridgehead atoms. The van der Waals surface area contributed by atoms with Crippen LogP contribution in [0.2, 0.25) is 5.02 Å². The van der Waals surface area contributed by atoms with Crippen LogP contribution in [0.5, 0.6) is 5.75 Å². The molecule has 2 aromatic carbocycles. The normalized spacial score (nSPS) is 16.7. The molecule has 4 rings (SSSR count). The molecule has 1 aliphatic rings. The molecule has 1 aliphatic carbocycles. The number of nitrogens with zero attached hydrogens (tertiary/aromatic N) is 1. The standard InChI is InChI=1S/C28H28ClNO10/c1-28(2,27(33)37-4)19-13-23(39-9-8-38-16-10-15(11-16)26(32)36-3)18(12-21(19)30(34)35)24-14-22(31)17-6-5-7-20(29)25(17)40-24/h5-7,12-16H,8-11H2,1-4H3/t15-,16+. The Morgan fingerprint density at radius 3 is 2.50 bits per heavy atom. The third-order valence-corrected chi connectivity index (χ3v) is 7.26. The fourth-order valence-corrected chi connectivity index (χ4v) is 4.81. The predicted octanol–water partition coefficient (Wildman–Crippen LogP) is 4.82. The van der Waals surface area contributed by atoms with Crippen LogP contribution in [0, 0.1) is 16.0 Å². The summed E-state index contributed by atoms with van der Waals surface area (Å²) in [4.78, 5) is 48.5. The first-order chi connectivity index (χ1) is 19.0. The number of carbonyl (C=O) groups excluding carboxylic acids is 2. The van der Waals surface area contributed by atoms with Crippen molar-refractivity contribution < 1.29 is 37.9 Å². The van der Waals surface area contributed by atoms with E-state index >= 15 is 0 Å². The van der Waals surface area contributed by atoms with E-state index in [0.717, 1.165) is 0 Å². The van der Waals surface area contributed by atoms with Gasteiger partial charge in [0.05, 0.1) is 64.7 Å². The van der Waals surface area contributed by atoms with Crippen LogP contribution in [0.1, 0.15) is 32.3 Å². The van der Waals surface area contributed by atoms with Gasteiger partial charge in [-0.1, -0.05) is 17.7 Å². The molecule has 0 aliphatic heterocycles. The lowest BCUT2D eigenvalue weighted by atomic mass is 9.82. The highest BCUT2D eigenvalue weighted by Crippen LogP contribution is 2.42. The number of nitro benzene ring substituents is 1. The summed E-state index contributed by atoms with van der Waals surface area (Å²) in [6.07, 6.45) is 0.949. The smallest absolute Gasteiger partial charge is 0.315 e. The second-order valence-corrected chi connectivity index (χ2v) is 10.3. The molecule has 0 N–H and O–H groups in total. The minimum Gasteiger partial charge on any atom is -0.490 e. The highest BCUT2D eigenvalue weighted by Gasteiger charge is 2.39. The van der Waals surface area contributed by atoms with Crippen molar-refractivity contribution in [2.45, 2.75) is 38.2 Å². The first-order valence-corrected chi connectivity index (χ1v) is 12.8. The van der Waals surface area contributed by atoms with E-state index in [0.29, 0.717) is 12.8 Å². The van der Waals surface area contributed by atoms with E-state index in [-0.39, 0.29) is 75.5 Å². The first kappa shape index (κ1) is 29.0. The van der Waals surface area contributed by atoms with Gasteiger partial charge in [-0.3, -0.25) is 24.5 Å². The van der Waals surface area contributed by atoms with Crippen molar-refractivity contribution in [1.29, 1.82) is 0 Å². The van der Waals surface area contributed by atoms with Gasteiger partial charge in [-0.05, 0) is 44.9 Å². The summed E-state index contributed by atoms with van der Waals surface area (Å²) in [7, 11) is 2.53. The summed E-state index contributed by atoms with van der Waals surface area (Å²) in [5.74, 6) is -1.04. The van der Waals surface area contributed by atoms with E-state index in [2.05, 4.69) is 0 Å². The van der Waals surface area contributed by atoms with Gasteiger partial charge in [-0.2, -0.15) is 0 Å². The lowest BCUT2D eigenvalue weighted by Gasteiger charge is -2.32. The topological polar surface area (TPSA) is 144 Å². The molecule has 0 amide bonds. The molecule has 11 nitrogen and oxygen atoms in total. The van der Waals surface area contributed by atoms with E-state index < -0.39 is 21.7 Å². The molecule has 1 heterocycles. The molecular weight excluding hydrogens is 546 g/mol. The number of methoxy groups -OCH3 is 2. The molecule has 0 spiro atoms. The maximum atomic E-state index is 12.9. The second-order valence-electron chi connectivity index (χ2n) is 9.86. The van der Waals surface area contributed by atoms with Gasteiger partial charge in [-0.25, -0.2) is 0 Å². The molecule has 0 saturated heterocycles. The van der Waals surface area contributed by atoms with Gasteiger partial charge in [0.1, 0.15) is 18.1 Å². The molecule has 1 aromatic heterocycles. The molecule has 0 radical (unpaired) electrons. The molecular formula is C28H28ClNO10. The number of ether oxygens (including phenoxy) is 4. The third-order valence-electron chi connectivity index (χ3n) is 6.96. The van der Waals surface area contributed by atoms with Gasteiger partial charge in [0.25, 0.3) is 5.69 Å². The quantitative estimate of drug-likeness (QED) is 0.143. The van der Waals surface area contributed by atoms with E-state index in [4.69, 9.17) is 35.0 Å². The summed E-state index contributed by atoms with van der Waals surface area (Å²) in [6.45, 7) is 3.18. The fraction of sp³-hybridized carbons (Fsp3) is 0.393. The van der Waals surface area contributed by atoms with Crippen LogP contribution >= 0.6 is 11.6 Å². The van der Waals surface area contributed by atoms with Crippen molar-refractivity contribution in [3.8, 4) is 17.1 Å². The largest absolute Gasteiger partial charge is 0.490 e. The number of hydrogen-bond acceptors (Lipinski definition) is 10. The average molecular weight is 574 g/mol. The third kappa shape index (κ3) is 5.66. The summed E-state index contributed by atoms with van der Waals surface area (Å²) < 4.78 is 27.3. The van der Waals surface area contributed by atoms with Crippen LogP contribution in [0.15, 0.2) is 45.6 Å². The van der Waals surface area contributed by atoms with Crippen molar-refractivity contribution in [2.75, 3.05) is 27.4 Å². The van der Waals surface area contributed by atoms with E-state index in [1.54, 1.807) is 18.2 Å². The van der Waals surface area contributed by atoms with Crippen molar-refractivity contribution in [1.82, 2.24) is 0 Å². The lowest BCUT2D eigenvalue weighted by Crippen LogP contribution is -2.37. The highest BCUT2D eigenvalue weighted by molar-refractivity contribution is 6.34. The number of carbonyl (C=O) groups is 2. The first-order valence-electron chi connectivity index (χ1n) is 12.4. The van der Waals surface area contributed by atoms with Crippen molar-refractivity contribution in [3.63, 3.8) is 0 Å². The summed E-state index contributed by atoms with van der Waals surface area (Å²) in [5.41, 5.74) is -1.92. The SMILES string of the molecule is COC(=O)C(C)(C)c1cc(OCCO[C@H]2C[C@@H](C(=O)OC)C2)c(-c2cc(=O)c3cccc(Cl)c3o2)cc1[N+](=O)[O-]. The molecule has 40 heavy (non-hydrogen) atoms. The molecule has 3 aromatic rings. The number of hydrogen-bond donors (Lipinski definition) is 0. The Balaban J connectivity index is 1.72. The summed E-state index contributed by atoms with van der Waals surface area (Å²) in [6, 6.07) is 8.50. The predicted molar refractivity (Wildman–Crippen MR) is 145 cm³/mol. The minimum absolute atomic E-state index is 0.00745. The van der Waals surface area contributed by atoms with Crippen LogP contribution in [0.3, 0.4) is 0 Å². The monoisotopic (exact) mass is 573 g/mol. The zero-order valence-corrected chi connectivity index (χ0v) is 23.1. The Morgan fingerprint density at radius 1 is 1.12 bits per heavy atom. The molecule has 1 fully saturated rings. The Morgan fingerprint density at radius 2 is 1.85 bits per heavy atom. The van der Waals surface area contributed by atoms with Gasteiger partial charge >= 0.3 is 11.9 Å². The minimum atomic E-state index is -1.41. The van der Waals surface area contributed by atoms with Crippen LogP contribution in [-0.4, -0.2) is 50.4 Å². The number of esters is 2. The molecule has 0 atom stereocenters. The van der Waals surface area contributed by atoms with E-state index in [1.165, 1.54) is 46.3 Å². The Kier molecular flexibility index (Phi) is 8.45. The average Bonchev–Trinajstić information content (AvgIpc) is 2.90. The molecule has 0 unspecified atom stereocenters. The van der Waals surface area contributed by atoms with Gasteiger partial charge in [-0.15, -0.1) is 0 Å². The van der Waals surface area contributed by atoms with Gasteiger partial charge < -0.3 is 23.4 Å². The number of benzene rings is 2. The van der Waals surface area contributed by atoms with Crippen molar-refractivity contribution in [3.05, 3.63) is 67.3 Å². The summed E-state index contributed by atoms with van der Waals surface area (Å²) in [5, 5.41) is 12.6. The fourth-order valence-electron chi connectivity index (χ4n) is 4.60. The molecule has 12 heteroatoms. The van der Waals surface area contributed by atoms with Gasteiger partial charge in [0, 0.05) is 12.1 Å².